The Kier molecular flexibility index (Phi) is 5.96. The second-order valence-corrected chi connectivity index (χ2v) is 8.61. The van der Waals surface area contributed by atoms with Crippen LogP contribution in [0.2, 0.25) is 0 Å². The van der Waals surface area contributed by atoms with Crippen molar-refractivity contribution in [2.24, 2.45) is 0 Å². The van der Waals surface area contributed by atoms with E-state index in [0.29, 0.717) is 43.7 Å². The van der Waals surface area contributed by atoms with E-state index in [-0.39, 0.29) is 29.2 Å². The average Bonchev–Trinajstić information content (AvgIpc) is 3.22. The minimum Gasteiger partial charge on any atom is -0.381 e. The highest BCUT2D eigenvalue weighted by Gasteiger charge is 2.33. The van der Waals surface area contributed by atoms with Crippen molar-refractivity contribution >= 4 is 29.1 Å². The number of carbonyl (C=O) groups excluding carboxylic acids is 1. The standard InChI is InChI=1S/C18H30ClN7O2/c1-25-6-2-3-12(25)10-28-14-4-5-21-8-13(14)23-18(27)15-16(20)24-26-9-11(19)7-22-17(15)26/h11-14,21-22H,2-10H2,1H3,(H2,20,24)(H,23,27)/t11?,12-,13?,14?/m1/s1. The van der Waals surface area contributed by atoms with Gasteiger partial charge >= 0.3 is 0 Å². The van der Waals surface area contributed by atoms with Gasteiger partial charge in [-0.05, 0) is 39.4 Å². The zero-order valence-electron chi connectivity index (χ0n) is 16.3. The maximum absolute atomic E-state index is 13.0. The maximum Gasteiger partial charge on any atom is 0.259 e. The van der Waals surface area contributed by atoms with Gasteiger partial charge < -0.3 is 31.3 Å². The first-order valence-electron chi connectivity index (χ1n) is 10.1. The van der Waals surface area contributed by atoms with Gasteiger partial charge in [-0.3, -0.25) is 4.79 Å². The SMILES string of the molecule is CN1CCC[C@@H]1COC1CCNCC1NC(=O)c1c(N)nn2c1NCC(Cl)C2. The molecule has 2 fully saturated rings. The third-order valence-corrected chi connectivity index (χ3v) is 6.27. The monoisotopic (exact) mass is 411 g/mol. The zero-order chi connectivity index (χ0) is 19.7. The van der Waals surface area contributed by atoms with Crippen LogP contribution in [0, 0.1) is 0 Å². The molecule has 2 saturated heterocycles. The van der Waals surface area contributed by atoms with Crippen LogP contribution in [0.5, 0.6) is 0 Å². The molecule has 1 amide bonds. The third-order valence-electron chi connectivity index (χ3n) is 5.98. The first-order valence-corrected chi connectivity index (χ1v) is 10.5. The van der Waals surface area contributed by atoms with Gasteiger partial charge in [-0.1, -0.05) is 0 Å². The molecule has 9 nitrogen and oxygen atoms in total. The van der Waals surface area contributed by atoms with Crippen LogP contribution >= 0.6 is 11.6 Å². The second kappa shape index (κ2) is 8.44. The Morgan fingerprint density at radius 1 is 1.43 bits per heavy atom. The average molecular weight is 412 g/mol. The van der Waals surface area contributed by atoms with Gasteiger partial charge in [0.15, 0.2) is 5.82 Å². The smallest absolute Gasteiger partial charge is 0.259 e. The summed E-state index contributed by atoms with van der Waals surface area (Å²) in [4.78, 5) is 15.3. The number of anilines is 2. The fourth-order valence-corrected chi connectivity index (χ4v) is 4.53. The lowest BCUT2D eigenvalue weighted by Gasteiger charge is -2.34. The minimum absolute atomic E-state index is 0.00740. The molecule has 28 heavy (non-hydrogen) atoms. The number of hydrogen-bond donors (Lipinski definition) is 4. The summed E-state index contributed by atoms with van der Waals surface area (Å²) in [5.74, 6) is 0.639. The number of hydrogen-bond acceptors (Lipinski definition) is 7. The van der Waals surface area contributed by atoms with E-state index in [1.54, 1.807) is 4.68 Å². The Morgan fingerprint density at radius 3 is 3.07 bits per heavy atom. The molecule has 0 spiro atoms. The lowest BCUT2D eigenvalue weighted by molar-refractivity contribution is -0.0102. The Bertz CT molecular complexity index is 712. The van der Waals surface area contributed by atoms with E-state index in [2.05, 4.69) is 33.0 Å². The Labute approximate surface area is 170 Å². The molecule has 4 atom stereocenters. The number of alkyl halides is 1. The molecule has 3 aliphatic rings. The van der Waals surface area contributed by atoms with Gasteiger partial charge in [0, 0.05) is 19.1 Å². The summed E-state index contributed by atoms with van der Waals surface area (Å²) in [5, 5.41) is 13.8. The van der Waals surface area contributed by atoms with Gasteiger partial charge in [0.05, 0.1) is 30.7 Å². The van der Waals surface area contributed by atoms with E-state index in [1.807, 2.05) is 0 Å². The Hall–Kier alpha value is -1.55. The number of nitrogens with one attached hydrogen (secondary N) is 3. The number of fused-ring (bicyclic) bond motifs is 1. The number of halogens is 1. The highest BCUT2D eigenvalue weighted by Crippen LogP contribution is 2.27. The summed E-state index contributed by atoms with van der Waals surface area (Å²) in [6, 6.07) is 0.365. The molecule has 156 valence electrons. The molecule has 0 bridgehead atoms. The summed E-state index contributed by atoms with van der Waals surface area (Å²) in [7, 11) is 2.15. The van der Waals surface area contributed by atoms with Gasteiger partial charge in [-0.15, -0.1) is 11.6 Å². The van der Waals surface area contributed by atoms with Crippen LogP contribution in [0.15, 0.2) is 0 Å². The number of carbonyl (C=O) groups is 1. The van der Waals surface area contributed by atoms with Gasteiger partial charge in [0.2, 0.25) is 0 Å². The molecule has 10 heteroatoms. The number of amides is 1. The molecular formula is C18H30ClN7O2. The lowest BCUT2D eigenvalue weighted by Crippen LogP contribution is -2.55. The first-order chi connectivity index (χ1) is 13.5. The number of likely N-dealkylation sites (tertiary alicyclic amines) is 1. The quantitative estimate of drug-likeness (QED) is 0.507. The number of likely N-dealkylation sites (N-methyl/N-ethyl adjacent to an activating group) is 1. The van der Waals surface area contributed by atoms with Crippen molar-refractivity contribution < 1.29 is 9.53 Å². The number of nitrogens with zero attached hydrogens (tertiary/aromatic N) is 3. The molecule has 4 heterocycles. The van der Waals surface area contributed by atoms with Crippen LogP contribution in [-0.2, 0) is 11.3 Å². The number of piperidine rings is 1. The van der Waals surface area contributed by atoms with E-state index >= 15 is 0 Å². The van der Waals surface area contributed by atoms with Crippen molar-refractivity contribution in [2.75, 3.05) is 50.9 Å². The molecular weight excluding hydrogens is 382 g/mol. The van der Waals surface area contributed by atoms with Crippen molar-refractivity contribution in [3.05, 3.63) is 5.56 Å². The summed E-state index contributed by atoms with van der Waals surface area (Å²) in [6.45, 7) is 4.52. The normalized spacial score (nSPS) is 30.6. The van der Waals surface area contributed by atoms with E-state index in [0.717, 1.165) is 19.5 Å². The number of ether oxygens (including phenoxy) is 1. The zero-order valence-corrected chi connectivity index (χ0v) is 17.0. The van der Waals surface area contributed by atoms with Crippen LogP contribution < -0.4 is 21.7 Å². The molecule has 0 aromatic carbocycles. The third kappa shape index (κ3) is 4.07. The molecule has 1 aromatic rings. The van der Waals surface area contributed by atoms with E-state index in [9.17, 15) is 4.79 Å². The van der Waals surface area contributed by atoms with Crippen molar-refractivity contribution in [2.45, 2.75) is 49.4 Å². The van der Waals surface area contributed by atoms with Gasteiger partial charge in [-0.2, -0.15) is 5.10 Å². The van der Waals surface area contributed by atoms with Crippen molar-refractivity contribution in [1.29, 1.82) is 0 Å². The molecule has 0 saturated carbocycles. The van der Waals surface area contributed by atoms with Gasteiger partial charge in [0.25, 0.3) is 5.91 Å². The molecule has 0 radical (unpaired) electrons. The van der Waals surface area contributed by atoms with Crippen LogP contribution in [0.4, 0.5) is 11.6 Å². The van der Waals surface area contributed by atoms with Crippen LogP contribution in [-0.4, -0.2) is 84.0 Å². The number of nitrogens with two attached hydrogens (primary N) is 1. The van der Waals surface area contributed by atoms with E-state index in [4.69, 9.17) is 22.1 Å². The van der Waals surface area contributed by atoms with Gasteiger partial charge in [-0.25, -0.2) is 4.68 Å². The van der Waals surface area contributed by atoms with Crippen molar-refractivity contribution in [3.63, 3.8) is 0 Å². The highest BCUT2D eigenvalue weighted by atomic mass is 35.5. The Morgan fingerprint density at radius 2 is 2.29 bits per heavy atom. The first kappa shape index (κ1) is 19.8. The maximum atomic E-state index is 13.0. The molecule has 3 unspecified atom stereocenters. The fourth-order valence-electron chi connectivity index (χ4n) is 4.32. The minimum atomic E-state index is -0.223. The summed E-state index contributed by atoms with van der Waals surface area (Å²) >= 11 is 6.17. The number of nitrogen functional groups attached to an aromatic ring is 1. The summed E-state index contributed by atoms with van der Waals surface area (Å²) in [5.41, 5.74) is 6.43. The predicted molar refractivity (Wildman–Crippen MR) is 109 cm³/mol. The molecule has 4 rings (SSSR count). The van der Waals surface area contributed by atoms with Crippen LogP contribution in [0.25, 0.3) is 0 Å². The van der Waals surface area contributed by atoms with E-state index < -0.39 is 0 Å². The van der Waals surface area contributed by atoms with Gasteiger partial charge in [0.1, 0.15) is 11.4 Å². The van der Waals surface area contributed by atoms with Crippen molar-refractivity contribution in [1.82, 2.24) is 25.3 Å². The number of aromatic nitrogens is 2. The fraction of sp³-hybridized carbons (Fsp3) is 0.778. The number of rotatable bonds is 5. The van der Waals surface area contributed by atoms with Crippen molar-refractivity contribution in [3.8, 4) is 0 Å². The highest BCUT2D eigenvalue weighted by molar-refractivity contribution is 6.21. The predicted octanol–water partition coefficient (Wildman–Crippen LogP) is 0.0693. The molecule has 1 aromatic heterocycles. The summed E-state index contributed by atoms with van der Waals surface area (Å²) in [6.07, 6.45) is 3.26. The largest absolute Gasteiger partial charge is 0.381 e. The van der Waals surface area contributed by atoms with E-state index in [1.165, 1.54) is 12.8 Å². The van der Waals surface area contributed by atoms with Crippen LogP contribution in [0.1, 0.15) is 29.6 Å². The van der Waals surface area contributed by atoms with Crippen LogP contribution in [0.3, 0.4) is 0 Å². The second-order valence-electron chi connectivity index (χ2n) is 7.99. The topological polar surface area (TPSA) is 109 Å². The lowest BCUT2D eigenvalue weighted by atomic mass is 10.0. The Balaban J connectivity index is 1.41. The molecule has 0 aliphatic carbocycles. The summed E-state index contributed by atoms with van der Waals surface area (Å²) < 4.78 is 7.92. The molecule has 3 aliphatic heterocycles. The molecule has 5 N–H and O–H groups in total.